The van der Waals surface area contributed by atoms with Crippen LogP contribution in [0.5, 0.6) is 0 Å². The first-order valence-electron chi connectivity index (χ1n) is 6.93. The van der Waals surface area contributed by atoms with Crippen LogP contribution in [0.4, 0.5) is 0 Å². The second-order valence-electron chi connectivity index (χ2n) is 4.82. The van der Waals surface area contributed by atoms with E-state index in [1.165, 1.54) is 25.7 Å². The molecule has 1 aliphatic rings. The van der Waals surface area contributed by atoms with Gasteiger partial charge in [-0.15, -0.1) is 0 Å². The van der Waals surface area contributed by atoms with E-state index in [1.54, 1.807) is 0 Å². The topological polar surface area (TPSA) is 52.6 Å². The highest BCUT2D eigenvalue weighted by Gasteiger charge is 2.12. The number of likely N-dealkylation sites (tertiary alicyclic amines) is 1. The maximum Gasteiger partial charge on any atom is 0.234 e. The van der Waals surface area contributed by atoms with Crippen molar-refractivity contribution in [2.75, 3.05) is 32.8 Å². The zero-order chi connectivity index (χ0) is 12.3. The van der Waals surface area contributed by atoms with Crippen molar-refractivity contribution in [1.82, 2.24) is 10.2 Å². The van der Waals surface area contributed by atoms with Gasteiger partial charge in [-0.25, -0.2) is 0 Å². The van der Waals surface area contributed by atoms with Crippen molar-refractivity contribution in [2.45, 2.75) is 44.9 Å². The zero-order valence-corrected chi connectivity index (χ0v) is 10.8. The van der Waals surface area contributed by atoms with Crippen molar-refractivity contribution >= 4 is 5.91 Å². The van der Waals surface area contributed by atoms with Gasteiger partial charge in [0.1, 0.15) is 0 Å². The molecule has 0 bridgehead atoms. The van der Waals surface area contributed by atoms with Gasteiger partial charge < -0.3 is 10.4 Å². The monoisotopic (exact) mass is 242 g/mol. The highest BCUT2D eigenvalue weighted by molar-refractivity contribution is 5.77. The lowest BCUT2D eigenvalue weighted by Gasteiger charge is -2.18. The summed E-state index contributed by atoms with van der Waals surface area (Å²) in [7, 11) is 0. The molecule has 1 fully saturated rings. The number of aliphatic hydroxyl groups excluding tert-OH is 1. The van der Waals surface area contributed by atoms with Gasteiger partial charge in [0.2, 0.25) is 5.91 Å². The normalized spacial score (nSPS) is 17.7. The summed E-state index contributed by atoms with van der Waals surface area (Å²) in [6.07, 6.45) is 7.85. The minimum absolute atomic E-state index is 0.149. The zero-order valence-electron chi connectivity index (χ0n) is 10.8. The number of nitrogens with one attached hydrogen (secondary N) is 1. The van der Waals surface area contributed by atoms with Crippen LogP contribution in [0.2, 0.25) is 0 Å². The quantitative estimate of drug-likeness (QED) is 0.658. The molecule has 1 amide bonds. The van der Waals surface area contributed by atoms with E-state index in [1.807, 2.05) is 0 Å². The molecule has 0 aromatic heterocycles. The molecule has 1 rings (SSSR count). The molecule has 100 valence electrons. The molecule has 4 heteroatoms. The molecule has 0 spiro atoms. The van der Waals surface area contributed by atoms with E-state index in [4.69, 9.17) is 5.11 Å². The van der Waals surface area contributed by atoms with Gasteiger partial charge in [-0.05, 0) is 45.2 Å². The van der Waals surface area contributed by atoms with Crippen molar-refractivity contribution in [3.8, 4) is 0 Å². The van der Waals surface area contributed by atoms with Gasteiger partial charge in [-0.2, -0.15) is 0 Å². The van der Waals surface area contributed by atoms with Gasteiger partial charge in [0.05, 0.1) is 6.54 Å². The van der Waals surface area contributed by atoms with Crippen molar-refractivity contribution in [1.29, 1.82) is 0 Å². The van der Waals surface area contributed by atoms with Gasteiger partial charge in [-0.3, -0.25) is 9.69 Å². The number of unbranched alkanes of at least 4 members (excludes halogenated alkanes) is 2. The summed E-state index contributed by atoms with van der Waals surface area (Å²) < 4.78 is 0. The fourth-order valence-corrected chi connectivity index (χ4v) is 2.19. The Hall–Kier alpha value is -0.610. The first kappa shape index (κ1) is 14.5. The lowest BCUT2D eigenvalue weighted by molar-refractivity contribution is -0.122. The molecule has 0 atom stereocenters. The third-order valence-corrected chi connectivity index (χ3v) is 3.22. The highest BCUT2D eigenvalue weighted by atomic mass is 16.2. The summed E-state index contributed by atoms with van der Waals surface area (Å²) >= 11 is 0. The van der Waals surface area contributed by atoms with Crippen molar-refractivity contribution < 1.29 is 9.90 Å². The van der Waals surface area contributed by atoms with Crippen molar-refractivity contribution in [3.63, 3.8) is 0 Å². The second-order valence-corrected chi connectivity index (χ2v) is 4.82. The van der Waals surface area contributed by atoms with Crippen LogP contribution in [0.3, 0.4) is 0 Å². The third-order valence-electron chi connectivity index (χ3n) is 3.22. The van der Waals surface area contributed by atoms with Gasteiger partial charge in [-0.1, -0.05) is 12.8 Å². The molecule has 2 N–H and O–H groups in total. The van der Waals surface area contributed by atoms with Crippen molar-refractivity contribution in [2.24, 2.45) is 0 Å². The number of amides is 1. The van der Waals surface area contributed by atoms with Gasteiger partial charge in [0, 0.05) is 13.2 Å². The maximum absolute atomic E-state index is 11.7. The molecule has 0 unspecified atom stereocenters. The van der Waals surface area contributed by atoms with Gasteiger partial charge in [0.25, 0.3) is 0 Å². The molecule has 17 heavy (non-hydrogen) atoms. The van der Waals surface area contributed by atoms with E-state index in [0.717, 1.165) is 38.9 Å². The average molecular weight is 242 g/mol. The molecule has 0 radical (unpaired) electrons. The molecular formula is C13H26N2O2. The third kappa shape index (κ3) is 7.34. The molecule has 0 aromatic carbocycles. The highest BCUT2D eigenvalue weighted by Crippen LogP contribution is 2.08. The summed E-state index contributed by atoms with van der Waals surface area (Å²) in [6, 6.07) is 0. The van der Waals surface area contributed by atoms with Gasteiger partial charge >= 0.3 is 0 Å². The standard InChI is InChI=1S/C13H26N2O2/c16-11-7-3-4-8-14-13(17)12-15-9-5-1-2-6-10-15/h16H,1-12H2,(H,14,17). The fraction of sp³-hybridized carbons (Fsp3) is 0.923. The van der Waals surface area contributed by atoms with Crippen LogP contribution in [-0.4, -0.2) is 48.7 Å². The Bertz CT molecular complexity index is 202. The molecule has 1 heterocycles. The Morgan fingerprint density at radius 1 is 1.06 bits per heavy atom. The Morgan fingerprint density at radius 2 is 1.76 bits per heavy atom. The Morgan fingerprint density at radius 3 is 2.41 bits per heavy atom. The summed E-state index contributed by atoms with van der Waals surface area (Å²) in [4.78, 5) is 13.9. The van der Waals surface area contributed by atoms with E-state index in [0.29, 0.717) is 6.54 Å². The molecule has 4 nitrogen and oxygen atoms in total. The minimum atomic E-state index is 0.149. The number of hydrogen-bond donors (Lipinski definition) is 2. The Labute approximate surface area is 104 Å². The smallest absolute Gasteiger partial charge is 0.234 e. The summed E-state index contributed by atoms with van der Waals surface area (Å²) in [5, 5.41) is 11.6. The predicted octanol–water partition coefficient (Wildman–Crippen LogP) is 1.14. The maximum atomic E-state index is 11.7. The van der Waals surface area contributed by atoms with Crippen LogP contribution in [0.25, 0.3) is 0 Å². The Kier molecular flexibility index (Phi) is 8.01. The lowest BCUT2D eigenvalue weighted by Crippen LogP contribution is -2.38. The number of nitrogens with zero attached hydrogens (tertiary/aromatic N) is 1. The molecule has 0 aromatic rings. The number of rotatable bonds is 7. The van der Waals surface area contributed by atoms with Crippen molar-refractivity contribution in [3.05, 3.63) is 0 Å². The number of aliphatic hydroxyl groups is 1. The first-order chi connectivity index (χ1) is 8.33. The van der Waals surface area contributed by atoms with E-state index in [2.05, 4.69) is 10.2 Å². The fourth-order valence-electron chi connectivity index (χ4n) is 2.19. The summed E-state index contributed by atoms with van der Waals surface area (Å²) in [6.45, 7) is 3.68. The van der Waals surface area contributed by atoms with Crippen LogP contribution in [0.15, 0.2) is 0 Å². The second kappa shape index (κ2) is 9.42. The molecule has 0 saturated carbocycles. The SMILES string of the molecule is O=C(CN1CCCCCC1)NCCCCCO. The lowest BCUT2D eigenvalue weighted by atomic mass is 10.2. The average Bonchev–Trinajstić information content (AvgIpc) is 2.57. The largest absolute Gasteiger partial charge is 0.396 e. The minimum Gasteiger partial charge on any atom is -0.396 e. The van der Waals surface area contributed by atoms with Crippen LogP contribution in [0.1, 0.15) is 44.9 Å². The van der Waals surface area contributed by atoms with E-state index < -0.39 is 0 Å². The first-order valence-corrected chi connectivity index (χ1v) is 6.93. The van der Waals surface area contributed by atoms with Crippen LogP contribution in [0, 0.1) is 0 Å². The molecule has 1 aliphatic heterocycles. The summed E-state index contributed by atoms with van der Waals surface area (Å²) in [5.74, 6) is 0.149. The predicted molar refractivity (Wildman–Crippen MR) is 68.9 cm³/mol. The number of hydrogen-bond acceptors (Lipinski definition) is 3. The number of carbonyl (C=O) groups excluding carboxylic acids is 1. The molecule has 0 aliphatic carbocycles. The van der Waals surface area contributed by atoms with E-state index in [9.17, 15) is 4.79 Å². The van der Waals surface area contributed by atoms with E-state index >= 15 is 0 Å². The van der Waals surface area contributed by atoms with E-state index in [-0.39, 0.29) is 12.5 Å². The summed E-state index contributed by atoms with van der Waals surface area (Å²) in [5.41, 5.74) is 0. The molecular weight excluding hydrogens is 216 g/mol. The number of carbonyl (C=O) groups is 1. The van der Waals surface area contributed by atoms with Crippen LogP contribution in [-0.2, 0) is 4.79 Å². The Balaban J connectivity index is 2.03. The van der Waals surface area contributed by atoms with Crippen LogP contribution >= 0.6 is 0 Å². The molecule has 1 saturated heterocycles. The van der Waals surface area contributed by atoms with Crippen LogP contribution < -0.4 is 5.32 Å². The van der Waals surface area contributed by atoms with Gasteiger partial charge in [0.15, 0.2) is 0 Å².